The first-order valence-electron chi connectivity index (χ1n) is 8.84. The van der Waals surface area contributed by atoms with Crippen LogP contribution in [0.15, 0.2) is 29.2 Å². The number of carbonyl (C=O) groups is 1. The quantitative estimate of drug-likeness (QED) is 0.767. The third kappa shape index (κ3) is 4.55. The summed E-state index contributed by atoms with van der Waals surface area (Å²) in [5, 5.41) is 3.36. The minimum atomic E-state index is -3.71. The maximum atomic E-state index is 12.9. The molecular formula is C17H24ClN3O4S. The number of benzene rings is 1. The Morgan fingerprint density at radius 2 is 1.88 bits per heavy atom. The first kappa shape index (κ1) is 19.6. The maximum Gasteiger partial charge on any atom is 0.243 e. The van der Waals surface area contributed by atoms with Crippen LogP contribution in [0.25, 0.3) is 0 Å². The molecule has 0 radical (unpaired) electrons. The molecular weight excluding hydrogens is 378 g/mol. The molecule has 2 saturated heterocycles. The van der Waals surface area contributed by atoms with Crippen LogP contribution in [-0.2, 0) is 19.6 Å². The van der Waals surface area contributed by atoms with E-state index in [-0.39, 0.29) is 10.8 Å². The summed E-state index contributed by atoms with van der Waals surface area (Å²) in [6.07, 6.45) is 1.21. The van der Waals surface area contributed by atoms with Gasteiger partial charge in [0.1, 0.15) is 6.04 Å². The average molecular weight is 402 g/mol. The molecule has 1 aromatic carbocycles. The fraction of sp³-hybridized carbons (Fsp3) is 0.588. The molecule has 1 atom stereocenters. The molecule has 0 aromatic heterocycles. The SMILES string of the molecule is O=C(NCCN1CCOCC1)C1CCCN1S(=O)(=O)c1ccc(Cl)cc1. The van der Waals surface area contributed by atoms with Crippen LogP contribution in [0.4, 0.5) is 0 Å². The van der Waals surface area contributed by atoms with Crippen LogP contribution < -0.4 is 5.32 Å². The van der Waals surface area contributed by atoms with E-state index in [1.54, 1.807) is 12.1 Å². The molecule has 1 aromatic rings. The highest BCUT2D eigenvalue weighted by Gasteiger charge is 2.39. The Bertz CT molecular complexity index is 720. The molecule has 1 N–H and O–H groups in total. The molecule has 9 heteroatoms. The van der Waals surface area contributed by atoms with Crippen LogP contribution in [0.1, 0.15) is 12.8 Å². The number of hydrogen-bond donors (Lipinski definition) is 1. The van der Waals surface area contributed by atoms with Gasteiger partial charge in [-0.2, -0.15) is 4.31 Å². The standard InChI is InChI=1S/C17H24ClN3O4S/c18-14-3-5-15(6-4-14)26(23,24)21-8-1-2-16(21)17(22)19-7-9-20-10-12-25-13-11-20/h3-6,16H,1-2,7-13H2,(H,19,22). The highest BCUT2D eigenvalue weighted by Crippen LogP contribution is 2.27. The highest BCUT2D eigenvalue weighted by atomic mass is 35.5. The molecule has 26 heavy (non-hydrogen) atoms. The Morgan fingerprint density at radius 1 is 1.19 bits per heavy atom. The van der Waals surface area contributed by atoms with Gasteiger partial charge in [-0.15, -0.1) is 0 Å². The Balaban J connectivity index is 1.59. The number of amides is 1. The molecule has 2 heterocycles. The number of nitrogens with zero attached hydrogens (tertiary/aromatic N) is 2. The van der Waals surface area contributed by atoms with Crippen molar-refractivity contribution in [1.82, 2.24) is 14.5 Å². The number of morpholine rings is 1. The molecule has 7 nitrogen and oxygen atoms in total. The van der Waals surface area contributed by atoms with Gasteiger partial charge < -0.3 is 10.1 Å². The van der Waals surface area contributed by atoms with Crippen LogP contribution in [0.2, 0.25) is 5.02 Å². The van der Waals surface area contributed by atoms with Crippen LogP contribution >= 0.6 is 11.6 Å². The lowest BCUT2D eigenvalue weighted by molar-refractivity contribution is -0.124. The van der Waals surface area contributed by atoms with E-state index in [1.807, 2.05) is 0 Å². The monoisotopic (exact) mass is 401 g/mol. The molecule has 2 fully saturated rings. The Hall–Kier alpha value is -1.19. The van der Waals surface area contributed by atoms with Crippen molar-refractivity contribution >= 4 is 27.5 Å². The maximum absolute atomic E-state index is 12.9. The number of nitrogens with one attached hydrogen (secondary N) is 1. The molecule has 1 unspecified atom stereocenters. The van der Waals surface area contributed by atoms with Gasteiger partial charge in [-0.05, 0) is 37.1 Å². The van der Waals surface area contributed by atoms with Crippen LogP contribution in [-0.4, -0.2) is 75.5 Å². The molecule has 1 amide bonds. The summed E-state index contributed by atoms with van der Waals surface area (Å²) >= 11 is 5.84. The van der Waals surface area contributed by atoms with Crippen molar-refractivity contribution in [3.63, 3.8) is 0 Å². The van der Waals surface area contributed by atoms with Gasteiger partial charge in [-0.1, -0.05) is 11.6 Å². The molecule has 0 bridgehead atoms. The van der Waals surface area contributed by atoms with E-state index in [0.29, 0.717) is 44.2 Å². The second kappa shape index (κ2) is 8.67. The molecule has 0 saturated carbocycles. The van der Waals surface area contributed by atoms with Crippen molar-refractivity contribution in [3.8, 4) is 0 Å². The van der Waals surface area contributed by atoms with E-state index in [2.05, 4.69) is 10.2 Å². The van der Waals surface area contributed by atoms with Crippen molar-refractivity contribution in [2.75, 3.05) is 45.9 Å². The van der Waals surface area contributed by atoms with Crippen LogP contribution in [0, 0.1) is 0 Å². The average Bonchev–Trinajstić information content (AvgIpc) is 3.14. The van der Waals surface area contributed by atoms with E-state index in [0.717, 1.165) is 19.6 Å². The fourth-order valence-corrected chi connectivity index (χ4v) is 5.09. The largest absolute Gasteiger partial charge is 0.379 e. The van der Waals surface area contributed by atoms with E-state index >= 15 is 0 Å². The van der Waals surface area contributed by atoms with Crippen LogP contribution in [0.3, 0.4) is 0 Å². The van der Waals surface area contributed by atoms with Gasteiger partial charge >= 0.3 is 0 Å². The highest BCUT2D eigenvalue weighted by molar-refractivity contribution is 7.89. The number of halogens is 1. The summed E-state index contributed by atoms with van der Waals surface area (Å²) in [5.41, 5.74) is 0. The predicted octanol–water partition coefficient (Wildman–Crippen LogP) is 0.941. The third-order valence-electron chi connectivity index (χ3n) is 4.76. The summed E-state index contributed by atoms with van der Waals surface area (Å²) in [6, 6.07) is 5.39. The zero-order chi connectivity index (χ0) is 18.6. The zero-order valence-electron chi connectivity index (χ0n) is 14.6. The zero-order valence-corrected chi connectivity index (χ0v) is 16.1. The van der Waals surface area contributed by atoms with Gasteiger partial charge in [0.2, 0.25) is 15.9 Å². The van der Waals surface area contributed by atoms with Gasteiger partial charge in [0.25, 0.3) is 0 Å². The summed E-state index contributed by atoms with van der Waals surface area (Å²) in [6.45, 7) is 4.74. The summed E-state index contributed by atoms with van der Waals surface area (Å²) < 4.78 is 32.3. The lowest BCUT2D eigenvalue weighted by Gasteiger charge is -2.27. The summed E-state index contributed by atoms with van der Waals surface area (Å²) in [4.78, 5) is 14.9. The van der Waals surface area contributed by atoms with E-state index in [4.69, 9.17) is 16.3 Å². The summed E-state index contributed by atoms with van der Waals surface area (Å²) in [5.74, 6) is -0.228. The summed E-state index contributed by atoms with van der Waals surface area (Å²) in [7, 11) is -3.71. The van der Waals surface area contributed by atoms with E-state index in [1.165, 1.54) is 16.4 Å². The first-order chi connectivity index (χ1) is 12.5. The molecule has 144 valence electrons. The number of hydrogen-bond acceptors (Lipinski definition) is 5. The normalized spacial score (nSPS) is 22.4. The number of carbonyl (C=O) groups excluding carboxylic acids is 1. The van der Waals surface area contributed by atoms with Gasteiger partial charge in [0.05, 0.1) is 18.1 Å². The lowest BCUT2D eigenvalue weighted by Crippen LogP contribution is -2.48. The number of ether oxygens (including phenoxy) is 1. The van der Waals surface area contributed by atoms with E-state index in [9.17, 15) is 13.2 Å². The minimum Gasteiger partial charge on any atom is -0.379 e. The molecule has 2 aliphatic rings. The van der Waals surface area contributed by atoms with E-state index < -0.39 is 16.1 Å². The second-order valence-electron chi connectivity index (χ2n) is 6.47. The fourth-order valence-electron chi connectivity index (χ4n) is 3.31. The first-order valence-corrected chi connectivity index (χ1v) is 10.7. The second-order valence-corrected chi connectivity index (χ2v) is 8.80. The van der Waals surface area contributed by atoms with Gasteiger partial charge in [-0.25, -0.2) is 8.42 Å². The van der Waals surface area contributed by atoms with Crippen molar-refractivity contribution in [3.05, 3.63) is 29.3 Å². The molecule has 3 rings (SSSR count). The van der Waals surface area contributed by atoms with Gasteiger partial charge in [0, 0.05) is 37.7 Å². The van der Waals surface area contributed by atoms with Crippen molar-refractivity contribution in [2.45, 2.75) is 23.8 Å². The Kier molecular flexibility index (Phi) is 6.52. The predicted molar refractivity (Wildman–Crippen MR) is 98.6 cm³/mol. The van der Waals surface area contributed by atoms with Crippen LogP contribution in [0.5, 0.6) is 0 Å². The van der Waals surface area contributed by atoms with Crippen molar-refractivity contribution in [1.29, 1.82) is 0 Å². The topological polar surface area (TPSA) is 79.0 Å². The number of rotatable bonds is 6. The smallest absolute Gasteiger partial charge is 0.243 e. The van der Waals surface area contributed by atoms with Gasteiger partial charge in [0.15, 0.2) is 0 Å². The Morgan fingerprint density at radius 3 is 2.58 bits per heavy atom. The lowest BCUT2D eigenvalue weighted by atomic mass is 10.2. The van der Waals surface area contributed by atoms with Gasteiger partial charge in [-0.3, -0.25) is 9.69 Å². The molecule has 2 aliphatic heterocycles. The third-order valence-corrected chi connectivity index (χ3v) is 6.93. The Labute approximate surface area is 159 Å². The minimum absolute atomic E-state index is 0.162. The van der Waals surface area contributed by atoms with Crippen molar-refractivity contribution in [2.24, 2.45) is 0 Å². The molecule has 0 aliphatic carbocycles. The number of sulfonamides is 1. The molecule has 0 spiro atoms. The van der Waals surface area contributed by atoms with Crippen molar-refractivity contribution < 1.29 is 17.9 Å².